The molecule has 2 saturated heterocycles. The van der Waals surface area contributed by atoms with Crippen molar-refractivity contribution in [2.75, 3.05) is 18.4 Å². The molecule has 0 saturated carbocycles. The Morgan fingerprint density at radius 3 is 2.51 bits per heavy atom. The standard InChI is InChI=1S/C25H34BClN4O4/c1-24(2)25(3,4)35-26(34-24)17-7-5-8-18(22(17)27)28-23(33)19-15-21-20(9-6-12-31(21)29-19)30-13-10-16(32)11-14-30/h5,7-8,15-16,20,32H,6,9-14H2,1-4H3,(H,28,33). The van der Waals surface area contributed by atoms with E-state index in [9.17, 15) is 9.90 Å². The molecule has 1 aromatic carbocycles. The lowest BCUT2D eigenvalue weighted by atomic mass is 9.79. The highest BCUT2D eigenvalue weighted by Gasteiger charge is 2.52. The van der Waals surface area contributed by atoms with Crippen LogP contribution in [-0.2, 0) is 15.9 Å². The van der Waals surface area contributed by atoms with Gasteiger partial charge in [0.25, 0.3) is 5.91 Å². The number of hydrogen-bond donors (Lipinski definition) is 2. The first kappa shape index (κ1) is 24.8. The van der Waals surface area contributed by atoms with E-state index in [0.717, 1.165) is 51.0 Å². The molecule has 0 spiro atoms. The zero-order chi connectivity index (χ0) is 25.0. The largest absolute Gasteiger partial charge is 0.496 e. The summed E-state index contributed by atoms with van der Waals surface area (Å²) in [5.74, 6) is -0.298. The van der Waals surface area contributed by atoms with Crippen molar-refractivity contribution in [3.8, 4) is 0 Å². The van der Waals surface area contributed by atoms with Crippen LogP contribution in [0.25, 0.3) is 0 Å². The number of nitrogens with one attached hydrogen (secondary N) is 1. The van der Waals surface area contributed by atoms with E-state index in [-0.39, 0.29) is 18.1 Å². The monoisotopic (exact) mass is 500 g/mol. The minimum absolute atomic E-state index is 0.209. The van der Waals surface area contributed by atoms with Crippen LogP contribution < -0.4 is 10.8 Å². The number of aliphatic hydroxyl groups is 1. The van der Waals surface area contributed by atoms with Crippen molar-refractivity contribution in [3.63, 3.8) is 0 Å². The molecule has 0 aliphatic carbocycles. The summed E-state index contributed by atoms with van der Waals surface area (Å²) in [4.78, 5) is 15.6. The van der Waals surface area contributed by atoms with E-state index in [0.29, 0.717) is 21.9 Å². The van der Waals surface area contributed by atoms with Gasteiger partial charge in [-0.2, -0.15) is 5.10 Å². The number of aryl methyl sites for hydroxylation is 1. The van der Waals surface area contributed by atoms with E-state index < -0.39 is 18.3 Å². The van der Waals surface area contributed by atoms with Crippen molar-refractivity contribution < 1.29 is 19.2 Å². The molecular weight excluding hydrogens is 467 g/mol. The van der Waals surface area contributed by atoms with Gasteiger partial charge in [-0.05, 0) is 65.5 Å². The summed E-state index contributed by atoms with van der Waals surface area (Å²) in [7, 11) is -0.618. The topological polar surface area (TPSA) is 88.9 Å². The van der Waals surface area contributed by atoms with Crippen LogP contribution in [0, 0.1) is 0 Å². The Labute approximate surface area is 212 Å². The second-order valence-corrected chi connectivity index (χ2v) is 11.2. The lowest BCUT2D eigenvalue weighted by Crippen LogP contribution is -2.41. The summed E-state index contributed by atoms with van der Waals surface area (Å²) in [6.45, 7) is 10.5. The normalized spacial score (nSPS) is 24.4. The maximum Gasteiger partial charge on any atom is 0.496 e. The third kappa shape index (κ3) is 4.65. The average molecular weight is 501 g/mol. The SMILES string of the molecule is CC1(C)OB(c2cccc(NC(=O)c3cc4n(n3)CCCC4N3CCC(O)CC3)c2Cl)OC1(C)C. The molecule has 2 N–H and O–H groups in total. The zero-order valence-corrected chi connectivity index (χ0v) is 21.6. The van der Waals surface area contributed by atoms with Crippen molar-refractivity contribution in [1.29, 1.82) is 0 Å². The van der Waals surface area contributed by atoms with Crippen LogP contribution >= 0.6 is 11.6 Å². The number of anilines is 1. The number of carbonyl (C=O) groups excluding carboxylic acids is 1. The third-order valence-corrected chi connectivity index (χ3v) is 8.38. The molecule has 3 aliphatic heterocycles. The number of piperidine rings is 1. The molecule has 4 heterocycles. The average Bonchev–Trinajstić information content (AvgIpc) is 3.33. The molecule has 1 atom stereocenters. The molecule has 0 bridgehead atoms. The molecule has 188 valence electrons. The number of nitrogens with zero attached hydrogens (tertiary/aromatic N) is 3. The summed E-state index contributed by atoms with van der Waals surface area (Å²) >= 11 is 6.72. The molecule has 1 aromatic heterocycles. The molecular formula is C25H34BClN4O4. The number of carbonyl (C=O) groups is 1. The highest BCUT2D eigenvalue weighted by atomic mass is 35.5. The van der Waals surface area contributed by atoms with Gasteiger partial charge in [-0.25, -0.2) is 0 Å². The van der Waals surface area contributed by atoms with E-state index >= 15 is 0 Å². The Morgan fingerprint density at radius 1 is 1.14 bits per heavy atom. The number of rotatable bonds is 4. The van der Waals surface area contributed by atoms with Crippen LogP contribution in [-0.4, -0.2) is 63.2 Å². The second kappa shape index (κ2) is 9.19. The molecule has 1 unspecified atom stereocenters. The summed E-state index contributed by atoms with van der Waals surface area (Å²) in [6, 6.07) is 7.58. The molecule has 10 heteroatoms. The molecule has 2 aromatic rings. The fourth-order valence-electron chi connectivity index (χ4n) is 5.12. The molecule has 5 rings (SSSR count). The lowest BCUT2D eigenvalue weighted by Gasteiger charge is -2.38. The number of fused-ring (bicyclic) bond motifs is 1. The van der Waals surface area contributed by atoms with Crippen molar-refractivity contribution >= 4 is 35.8 Å². The first-order valence-electron chi connectivity index (χ1n) is 12.5. The minimum atomic E-state index is -0.618. The Hall–Kier alpha value is -1.91. The van der Waals surface area contributed by atoms with Gasteiger partial charge in [0.2, 0.25) is 0 Å². The molecule has 1 amide bonds. The fourth-order valence-corrected chi connectivity index (χ4v) is 5.39. The third-order valence-electron chi connectivity index (χ3n) is 7.96. The smallest absolute Gasteiger partial charge is 0.399 e. The van der Waals surface area contributed by atoms with E-state index in [1.54, 1.807) is 6.07 Å². The summed E-state index contributed by atoms with van der Waals surface area (Å²) in [5, 5.41) is 17.8. The first-order chi connectivity index (χ1) is 16.6. The molecule has 2 fully saturated rings. The quantitative estimate of drug-likeness (QED) is 0.626. The van der Waals surface area contributed by atoms with Gasteiger partial charge in [-0.3, -0.25) is 14.4 Å². The van der Waals surface area contributed by atoms with E-state index in [1.807, 2.05) is 50.6 Å². The van der Waals surface area contributed by atoms with Gasteiger partial charge < -0.3 is 19.7 Å². The summed E-state index contributed by atoms with van der Waals surface area (Å²) in [5.41, 5.74) is 1.64. The van der Waals surface area contributed by atoms with Crippen molar-refractivity contribution in [2.24, 2.45) is 0 Å². The Balaban J connectivity index is 1.34. The second-order valence-electron chi connectivity index (χ2n) is 10.9. The molecule has 8 nitrogen and oxygen atoms in total. The minimum Gasteiger partial charge on any atom is -0.399 e. The van der Waals surface area contributed by atoms with Gasteiger partial charge in [0.15, 0.2) is 5.69 Å². The molecule has 3 aliphatic rings. The van der Waals surface area contributed by atoms with Gasteiger partial charge in [-0.15, -0.1) is 0 Å². The Morgan fingerprint density at radius 2 is 1.83 bits per heavy atom. The van der Waals surface area contributed by atoms with Crippen LogP contribution in [0.4, 0.5) is 5.69 Å². The van der Waals surface area contributed by atoms with Gasteiger partial charge >= 0.3 is 7.12 Å². The number of aromatic nitrogens is 2. The number of aliphatic hydroxyl groups excluding tert-OH is 1. The van der Waals surface area contributed by atoms with Crippen LogP contribution in [0.3, 0.4) is 0 Å². The van der Waals surface area contributed by atoms with E-state index in [2.05, 4.69) is 15.3 Å². The molecule has 0 radical (unpaired) electrons. The zero-order valence-electron chi connectivity index (χ0n) is 20.9. The summed E-state index contributed by atoms with van der Waals surface area (Å²) in [6.07, 6.45) is 3.41. The van der Waals surface area contributed by atoms with Crippen molar-refractivity contribution in [1.82, 2.24) is 14.7 Å². The van der Waals surface area contributed by atoms with Gasteiger partial charge in [0, 0.05) is 25.1 Å². The van der Waals surface area contributed by atoms with Gasteiger partial charge in [-0.1, -0.05) is 23.7 Å². The molecule has 35 heavy (non-hydrogen) atoms. The number of hydrogen-bond acceptors (Lipinski definition) is 6. The number of amides is 1. The highest BCUT2D eigenvalue weighted by Crippen LogP contribution is 2.38. The number of benzene rings is 1. The van der Waals surface area contributed by atoms with E-state index in [1.165, 1.54) is 0 Å². The van der Waals surface area contributed by atoms with Crippen LogP contribution in [0.15, 0.2) is 24.3 Å². The maximum absolute atomic E-state index is 13.2. The Kier molecular flexibility index (Phi) is 6.51. The van der Waals surface area contributed by atoms with Gasteiger partial charge in [0.05, 0.1) is 39.8 Å². The highest BCUT2D eigenvalue weighted by molar-refractivity contribution is 6.66. The summed E-state index contributed by atoms with van der Waals surface area (Å²) < 4.78 is 14.3. The van der Waals surface area contributed by atoms with Crippen LogP contribution in [0.5, 0.6) is 0 Å². The van der Waals surface area contributed by atoms with Crippen molar-refractivity contribution in [3.05, 3.63) is 40.7 Å². The van der Waals surface area contributed by atoms with Gasteiger partial charge in [0.1, 0.15) is 0 Å². The predicted molar refractivity (Wildman–Crippen MR) is 136 cm³/mol. The van der Waals surface area contributed by atoms with Crippen LogP contribution in [0.1, 0.15) is 75.6 Å². The number of halogens is 1. The number of likely N-dealkylation sites (tertiary alicyclic amines) is 1. The maximum atomic E-state index is 13.2. The first-order valence-corrected chi connectivity index (χ1v) is 12.9. The Bertz CT molecular complexity index is 1100. The van der Waals surface area contributed by atoms with E-state index in [4.69, 9.17) is 20.9 Å². The van der Waals surface area contributed by atoms with Crippen LogP contribution in [0.2, 0.25) is 5.02 Å². The fraction of sp³-hybridized carbons (Fsp3) is 0.600. The van der Waals surface area contributed by atoms with Crippen molar-refractivity contribution in [2.45, 2.75) is 83.3 Å². The lowest BCUT2D eigenvalue weighted by molar-refractivity contribution is 0.00578. The predicted octanol–water partition coefficient (Wildman–Crippen LogP) is 3.38.